The van der Waals surface area contributed by atoms with Crippen LogP contribution >= 0.6 is 0 Å². The van der Waals surface area contributed by atoms with Gasteiger partial charge in [-0.1, -0.05) is 0 Å². The zero-order chi connectivity index (χ0) is 16.4. The predicted molar refractivity (Wildman–Crippen MR) is 67.0 cm³/mol. The third kappa shape index (κ3) is 3.57. The van der Waals surface area contributed by atoms with E-state index in [4.69, 9.17) is 14.6 Å². The van der Waals surface area contributed by atoms with Crippen LogP contribution in [0.2, 0.25) is 0 Å². The molecule has 0 unspecified atom stereocenters. The minimum absolute atomic E-state index is 0.139. The number of aliphatic hydroxyl groups excluding tert-OH is 1. The van der Waals surface area contributed by atoms with E-state index in [-0.39, 0.29) is 11.5 Å². The van der Waals surface area contributed by atoms with E-state index in [0.29, 0.717) is 4.31 Å². The monoisotopic (exact) mass is 327 g/mol. The van der Waals surface area contributed by atoms with Gasteiger partial charge in [0.15, 0.2) is 0 Å². The van der Waals surface area contributed by atoms with E-state index in [9.17, 15) is 22.0 Å². The van der Waals surface area contributed by atoms with E-state index in [1.807, 2.05) is 0 Å². The van der Waals surface area contributed by atoms with Crippen molar-refractivity contribution in [3.63, 3.8) is 0 Å². The molecule has 0 saturated heterocycles. The first-order valence-electron chi connectivity index (χ1n) is 5.85. The first-order valence-corrected chi connectivity index (χ1v) is 7.29. The Bertz CT molecular complexity index is 625. The average molecular weight is 327 g/mol. The van der Waals surface area contributed by atoms with Crippen LogP contribution in [0.25, 0.3) is 0 Å². The first-order chi connectivity index (χ1) is 9.62. The van der Waals surface area contributed by atoms with Gasteiger partial charge >= 0.3 is 5.97 Å². The number of halogens is 2. The van der Waals surface area contributed by atoms with Crippen LogP contribution in [-0.2, 0) is 10.0 Å². The second kappa shape index (κ2) is 6.50. The summed E-state index contributed by atoms with van der Waals surface area (Å²) in [5.74, 6) is -1.88. The highest BCUT2D eigenvalue weighted by molar-refractivity contribution is 7.89. The molecule has 0 spiro atoms. The van der Waals surface area contributed by atoms with Crippen molar-refractivity contribution in [2.75, 3.05) is 19.7 Å². The zero-order valence-electron chi connectivity index (χ0n) is 11.3. The number of carboxylic acids is 1. The van der Waals surface area contributed by atoms with Gasteiger partial charge in [0.1, 0.15) is 22.0 Å². The smallest absolute Gasteiger partial charge is 0.340 e. The van der Waals surface area contributed by atoms with Gasteiger partial charge in [-0.05, 0) is 13.8 Å². The molecule has 0 amide bonds. The molecule has 0 aliphatic carbocycles. The summed E-state index contributed by atoms with van der Waals surface area (Å²) in [6.07, 6.45) is -2.96. The van der Waals surface area contributed by atoms with Crippen LogP contribution in [0.3, 0.4) is 0 Å². The van der Waals surface area contributed by atoms with Gasteiger partial charge in [-0.15, -0.1) is 0 Å². The second-order valence-corrected chi connectivity index (χ2v) is 6.08. The molecule has 0 aromatic carbocycles. The van der Waals surface area contributed by atoms with E-state index in [2.05, 4.69) is 0 Å². The van der Waals surface area contributed by atoms with Crippen LogP contribution in [0.5, 0.6) is 0 Å². The number of aromatic carboxylic acids is 1. The highest BCUT2D eigenvalue weighted by Gasteiger charge is 2.36. The second-order valence-electron chi connectivity index (χ2n) is 4.20. The number of aryl methyl sites for hydroxylation is 2. The van der Waals surface area contributed by atoms with Crippen molar-refractivity contribution < 1.29 is 36.6 Å². The number of alkyl halides is 2. The predicted octanol–water partition coefficient (Wildman–Crippen LogP) is 0.843. The number of carboxylic acid groups (broad SMARTS) is 1. The van der Waals surface area contributed by atoms with E-state index < -0.39 is 52.6 Å². The standard InChI is InChI=1S/C11H15F2NO6S/c1-6-9(11(16)17)10(7(2)20-6)21(18,19)14(3-4-15)5-8(12)13/h8,15H,3-5H2,1-2H3,(H,16,17). The summed E-state index contributed by atoms with van der Waals surface area (Å²) >= 11 is 0. The summed E-state index contributed by atoms with van der Waals surface area (Å²) in [5, 5.41) is 17.9. The average Bonchev–Trinajstić information content (AvgIpc) is 2.63. The maximum Gasteiger partial charge on any atom is 0.340 e. The lowest BCUT2D eigenvalue weighted by atomic mass is 10.2. The highest BCUT2D eigenvalue weighted by Crippen LogP contribution is 2.29. The Morgan fingerprint density at radius 3 is 2.33 bits per heavy atom. The summed E-state index contributed by atoms with van der Waals surface area (Å²) in [5.41, 5.74) is -0.593. The van der Waals surface area contributed by atoms with Gasteiger partial charge in [0, 0.05) is 6.54 Å². The lowest BCUT2D eigenvalue weighted by Crippen LogP contribution is -2.38. The number of sulfonamides is 1. The fourth-order valence-electron chi connectivity index (χ4n) is 1.93. The topological polar surface area (TPSA) is 108 Å². The van der Waals surface area contributed by atoms with Crippen LogP contribution in [0.1, 0.15) is 21.9 Å². The minimum Gasteiger partial charge on any atom is -0.478 e. The summed E-state index contributed by atoms with van der Waals surface area (Å²) in [6.45, 7) is 0.0933. The molecule has 120 valence electrons. The van der Waals surface area contributed by atoms with E-state index in [1.54, 1.807) is 0 Å². The molecule has 2 N–H and O–H groups in total. The third-order valence-electron chi connectivity index (χ3n) is 2.71. The molecule has 0 radical (unpaired) electrons. The van der Waals surface area contributed by atoms with Crippen molar-refractivity contribution in [2.45, 2.75) is 25.2 Å². The van der Waals surface area contributed by atoms with E-state index >= 15 is 0 Å². The molecule has 0 bridgehead atoms. The molecule has 0 atom stereocenters. The number of hydrogen-bond acceptors (Lipinski definition) is 5. The van der Waals surface area contributed by atoms with Crippen molar-refractivity contribution in [3.05, 3.63) is 17.1 Å². The van der Waals surface area contributed by atoms with Gasteiger partial charge in [0.25, 0.3) is 6.43 Å². The molecule has 0 aliphatic heterocycles. The Hall–Kier alpha value is -1.52. The number of hydrogen-bond donors (Lipinski definition) is 2. The Morgan fingerprint density at radius 1 is 1.33 bits per heavy atom. The molecule has 1 heterocycles. The Kier molecular flexibility index (Phi) is 5.42. The Balaban J connectivity index is 3.44. The summed E-state index contributed by atoms with van der Waals surface area (Å²) < 4.78 is 55.1. The molecule has 1 aromatic heterocycles. The van der Waals surface area contributed by atoms with Gasteiger partial charge in [0.2, 0.25) is 10.0 Å². The van der Waals surface area contributed by atoms with Crippen molar-refractivity contribution in [1.29, 1.82) is 0 Å². The Morgan fingerprint density at radius 2 is 1.90 bits per heavy atom. The van der Waals surface area contributed by atoms with Crippen LogP contribution in [0.4, 0.5) is 8.78 Å². The van der Waals surface area contributed by atoms with Gasteiger partial charge in [-0.25, -0.2) is 22.0 Å². The van der Waals surface area contributed by atoms with Gasteiger partial charge in [0.05, 0.1) is 13.2 Å². The molecule has 0 aliphatic rings. The SMILES string of the molecule is Cc1oc(C)c(S(=O)(=O)N(CCO)CC(F)F)c1C(=O)O. The van der Waals surface area contributed by atoms with Crippen molar-refractivity contribution in [1.82, 2.24) is 4.31 Å². The van der Waals surface area contributed by atoms with Crippen molar-refractivity contribution >= 4 is 16.0 Å². The number of furan rings is 1. The molecular formula is C11H15F2NO6S. The fourth-order valence-corrected chi connectivity index (χ4v) is 3.71. The molecule has 1 aromatic rings. The van der Waals surface area contributed by atoms with Crippen molar-refractivity contribution in [3.8, 4) is 0 Å². The highest BCUT2D eigenvalue weighted by atomic mass is 32.2. The number of nitrogens with zero attached hydrogens (tertiary/aromatic N) is 1. The fraction of sp³-hybridized carbons (Fsp3) is 0.545. The molecule has 10 heteroatoms. The summed E-state index contributed by atoms with van der Waals surface area (Å²) in [6, 6.07) is 0. The molecule has 1 rings (SSSR count). The number of aliphatic hydroxyl groups is 1. The largest absolute Gasteiger partial charge is 0.478 e. The van der Waals surface area contributed by atoms with Crippen LogP contribution in [0, 0.1) is 13.8 Å². The summed E-state index contributed by atoms with van der Waals surface area (Å²) in [4.78, 5) is 10.5. The quantitative estimate of drug-likeness (QED) is 0.768. The molecule has 0 saturated carbocycles. The first kappa shape index (κ1) is 17.5. The van der Waals surface area contributed by atoms with Crippen LogP contribution in [-0.4, -0.2) is 55.0 Å². The Labute approximate surface area is 119 Å². The maximum absolute atomic E-state index is 12.5. The normalized spacial score (nSPS) is 12.3. The van der Waals surface area contributed by atoms with E-state index in [0.717, 1.165) is 0 Å². The molecule has 21 heavy (non-hydrogen) atoms. The maximum atomic E-state index is 12.5. The third-order valence-corrected chi connectivity index (χ3v) is 4.73. The minimum atomic E-state index is -4.53. The van der Waals surface area contributed by atoms with Crippen LogP contribution in [0.15, 0.2) is 9.31 Å². The molecule has 0 fully saturated rings. The summed E-state index contributed by atoms with van der Waals surface area (Å²) in [7, 11) is -4.53. The van der Waals surface area contributed by atoms with Crippen molar-refractivity contribution in [2.24, 2.45) is 0 Å². The zero-order valence-corrected chi connectivity index (χ0v) is 12.2. The van der Waals surface area contributed by atoms with Crippen LogP contribution < -0.4 is 0 Å². The molecular weight excluding hydrogens is 312 g/mol. The van der Waals surface area contributed by atoms with E-state index in [1.165, 1.54) is 13.8 Å². The molecule has 7 nitrogen and oxygen atoms in total. The number of rotatable bonds is 7. The lowest BCUT2D eigenvalue weighted by molar-refractivity contribution is 0.0691. The number of carbonyl (C=O) groups is 1. The van der Waals surface area contributed by atoms with Gasteiger partial charge in [-0.3, -0.25) is 0 Å². The van der Waals surface area contributed by atoms with Gasteiger partial charge < -0.3 is 14.6 Å². The van der Waals surface area contributed by atoms with Gasteiger partial charge in [-0.2, -0.15) is 4.31 Å². The lowest BCUT2D eigenvalue weighted by Gasteiger charge is -2.20.